The zero-order valence-electron chi connectivity index (χ0n) is 6.13. The molecule has 0 saturated heterocycles. The van der Waals surface area contributed by atoms with Crippen LogP contribution in [0.1, 0.15) is 18.5 Å². The molecule has 0 amide bonds. The van der Waals surface area contributed by atoms with E-state index in [0.717, 1.165) is 11.5 Å². The number of aromatic nitrogens is 2. The Morgan fingerprint density at radius 1 is 1.50 bits per heavy atom. The largest absolute Gasteiger partial charge is 0.320 e. The molecule has 6 heteroatoms. The number of halogens is 2. The molecule has 66 valence electrons. The molecule has 0 radical (unpaired) electrons. The summed E-state index contributed by atoms with van der Waals surface area (Å²) in [5.41, 5.74) is 5.22. The summed E-state index contributed by atoms with van der Waals surface area (Å²) in [5, 5.41) is 5.31. The summed E-state index contributed by atoms with van der Waals surface area (Å²) in [6.45, 7) is 0. The van der Waals surface area contributed by atoms with Gasteiger partial charge in [0.1, 0.15) is 0 Å². The van der Waals surface area contributed by atoms with Gasteiger partial charge in [-0.25, -0.2) is 8.78 Å². The van der Waals surface area contributed by atoms with Crippen LogP contribution in [-0.4, -0.2) is 15.5 Å². The molecule has 0 aromatic carbocycles. The molecular formula is C6H7F2N3S. The van der Waals surface area contributed by atoms with Crippen LogP contribution in [0.4, 0.5) is 8.78 Å². The zero-order chi connectivity index (χ0) is 8.82. The smallest absolute Gasteiger partial charge is 0.252 e. The Hall–Kier alpha value is -0.620. The lowest BCUT2D eigenvalue weighted by Crippen LogP contribution is -2.55. The maximum Gasteiger partial charge on any atom is 0.252 e. The maximum atomic E-state index is 12.5. The fourth-order valence-corrected chi connectivity index (χ4v) is 2.00. The Morgan fingerprint density at radius 2 is 2.17 bits per heavy atom. The van der Waals surface area contributed by atoms with Gasteiger partial charge in [-0.05, 0) is 11.5 Å². The van der Waals surface area contributed by atoms with Crippen LogP contribution in [0.5, 0.6) is 0 Å². The van der Waals surface area contributed by atoms with Crippen LogP contribution in [0, 0.1) is 0 Å². The van der Waals surface area contributed by atoms with Crippen LogP contribution >= 0.6 is 11.5 Å². The Bertz CT molecular complexity index is 277. The summed E-state index contributed by atoms with van der Waals surface area (Å²) in [6.07, 6.45) is -0.628. The Morgan fingerprint density at radius 3 is 2.58 bits per heavy atom. The first-order valence-corrected chi connectivity index (χ1v) is 4.30. The number of alkyl halides is 2. The van der Waals surface area contributed by atoms with Crippen LogP contribution in [0.2, 0.25) is 0 Å². The molecule has 1 aliphatic carbocycles. The molecule has 1 heterocycles. The normalized spacial score (nSPS) is 24.9. The average molecular weight is 191 g/mol. The SMILES string of the molecule is NC1(c2csnn2)CC(F)(F)C1. The minimum Gasteiger partial charge on any atom is -0.320 e. The third-order valence-corrected chi connectivity index (χ3v) is 2.52. The number of hydrogen-bond donors (Lipinski definition) is 1. The fourth-order valence-electron chi connectivity index (χ4n) is 1.43. The zero-order valence-corrected chi connectivity index (χ0v) is 6.94. The Kier molecular flexibility index (Phi) is 1.47. The summed E-state index contributed by atoms with van der Waals surface area (Å²) < 4.78 is 28.6. The van der Waals surface area contributed by atoms with Gasteiger partial charge in [0.25, 0.3) is 5.92 Å². The molecule has 3 nitrogen and oxygen atoms in total. The average Bonchev–Trinajstić information content (AvgIpc) is 2.31. The van der Waals surface area contributed by atoms with Gasteiger partial charge in [0.05, 0.1) is 11.2 Å². The topological polar surface area (TPSA) is 51.8 Å². The molecule has 1 saturated carbocycles. The number of hydrogen-bond acceptors (Lipinski definition) is 4. The molecule has 0 unspecified atom stereocenters. The van der Waals surface area contributed by atoms with Crippen LogP contribution < -0.4 is 5.73 Å². The maximum absolute atomic E-state index is 12.5. The van der Waals surface area contributed by atoms with Crippen molar-refractivity contribution in [3.05, 3.63) is 11.1 Å². The highest BCUT2D eigenvalue weighted by molar-refractivity contribution is 7.03. The van der Waals surface area contributed by atoms with Gasteiger partial charge in [0, 0.05) is 18.2 Å². The van der Waals surface area contributed by atoms with Crippen molar-refractivity contribution in [1.29, 1.82) is 0 Å². The van der Waals surface area contributed by atoms with Crippen molar-refractivity contribution < 1.29 is 8.78 Å². The summed E-state index contributed by atoms with van der Waals surface area (Å²) in [5.74, 6) is -2.61. The predicted molar refractivity (Wildman–Crippen MR) is 40.0 cm³/mol. The van der Waals surface area contributed by atoms with Crippen molar-refractivity contribution in [3.8, 4) is 0 Å². The van der Waals surface area contributed by atoms with Gasteiger partial charge in [-0.2, -0.15) is 0 Å². The van der Waals surface area contributed by atoms with Crippen LogP contribution in [0.3, 0.4) is 0 Å². The summed E-state index contributed by atoms with van der Waals surface area (Å²) in [6, 6.07) is 0. The molecule has 1 aliphatic rings. The standard InChI is InChI=1S/C6H7F2N3S/c7-6(8)2-5(9,3-6)4-1-12-11-10-4/h1H,2-3,9H2. The lowest BCUT2D eigenvalue weighted by molar-refractivity contribution is -0.126. The van der Waals surface area contributed by atoms with Crippen LogP contribution in [0.25, 0.3) is 0 Å². The molecule has 0 spiro atoms. The summed E-state index contributed by atoms with van der Waals surface area (Å²) in [7, 11) is 0. The predicted octanol–water partition coefficient (Wildman–Crippen LogP) is 1.12. The van der Waals surface area contributed by atoms with Crippen molar-refractivity contribution in [2.45, 2.75) is 24.3 Å². The van der Waals surface area contributed by atoms with Gasteiger partial charge in [-0.3, -0.25) is 0 Å². The van der Waals surface area contributed by atoms with Crippen molar-refractivity contribution in [2.75, 3.05) is 0 Å². The third-order valence-electron chi connectivity index (χ3n) is 2.02. The van der Waals surface area contributed by atoms with E-state index in [-0.39, 0.29) is 12.8 Å². The monoisotopic (exact) mass is 191 g/mol. The van der Waals surface area contributed by atoms with Gasteiger partial charge in [0.2, 0.25) is 0 Å². The third kappa shape index (κ3) is 1.11. The molecule has 0 atom stereocenters. The first kappa shape index (κ1) is 8.00. The summed E-state index contributed by atoms with van der Waals surface area (Å²) in [4.78, 5) is 0. The highest BCUT2D eigenvalue weighted by atomic mass is 32.1. The molecule has 2 N–H and O–H groups in total. The van der Waals surface area contributed by atoms with E-state index < -0.39 is 11.5 Å². The second kappa shape index (κ2) is 2.20. The van der Waals surface area contributed by atoms with Gasteiger partial charge in [-0.15, -0.1) is 5.10 Å². The lowest BCUT2D eigenvalue weighted by atomic mass is 9.72. The van der Waals surface area contributed by atoms with E-state index in [9.17, 15) is 8.78 Å². The molecule has 1 fully saturated rings. The number of rotatable bonds is 1. The first-order valence-electron chi connectivity index (χ1n) is 3.46. The van der Waals surface area contributed by atoms with E-state index in [2.05, 4.69) is 9.59 Å². The molecule has 2 rings (SSSR count). The molecule has 0 bridgehead atoms. The quantitative estimate of drug-likeness (QED) is 0.723. The van der Waals surface area contributed by atoms with E-state index in [1.807, 2.05) is 0 Å². The van der Waals surface area contributed by atoms with E-state index >= 15 is 0 Å². The van der Waals surface area contributed by atoms with Crippen molar-refractivity contribution in [2.24, 2.45) is 5.73 Å². The number of nitrogens with two attached hydrogens (primary N) is 1. The molecule has 12 heavy (non-hydrogen) atoms. The van der Waals surface area contributed by atoms with E-state index in [1.165, 1.54) is 0 Å². The van der Waals surface area contributed by atoms with Gasteiger partial charge in [-0.1, -0.05) is 4.49 Å². The Balaban J connectivity index is 2.18. The second-order valence-electron chi connectivity index (χ2n) is 3.16. The van der Waals surface area contributed by atoms with Gasteiger partial charge < -0.3 is 5.73 Å². The lowest BCUT2D eigenvalue weighted by Gasteiger charge is -2.42. The second-order valence-corrected chi connectivity index (χ2v) is 3.77. The van der Waals surface area contributed by atoms with E-state index in [4.69, 9.17) is 5.73 Å². The van der Waals surface area contributed by atoms with E-state index in [0.29, 0.717) is 5.69 Å². The molecule has 0 aliphatic heterocycles. The molecule has 1 aromatic rings. The van der Waals surface area contributed by atoms with Crippen LogP contribution in [0.15, 0.2) is 5.38 Å². The highest BCUT2D eigenvalue weighted by Crippen LogP contribution is 2.49. The van der Waals surface area contributed by atoms with Crippen molar-refractivity contribution in [1.82, 2.24) is 9.59 Å². The first-order chi connectivity index (χ1) is 5.52. The minimum absolute atomic E-state index is 0.314. The Labute approximate surface area is 71.7 Å². The molecular weight excluding hydrogens is 184 g/mol. The minimum atomic E-state index is -2.61. The van der Waals surface area contributed by atoms with Crippen molar-refractivity contribution in [3.63, 3.8) is 0 Å². The van der Waals surface area contributed by atoms with Crippen molar-refractivity contribution >= 4 is 11.5 Å². The van der Waals surface area contributed by atoms with Gasteiger partial charge >= 0.3 is 0 Å². The van der Waals surface area contributed by atoms with Crippen LogP contribution in [-0.2, 0) is 5.54 Å². The van der Waals surface area contributed by atoms with E-state index in [1.54, 1.807) is 5.38 Å². The fraction of sp³-hybridized carbons (Fsp3) is 0.667. The molecule has 1 aromatic heterocycles. The highest BCUT2D eigenvalue weighted by Gasteiger charge is 2.56. The summed E-state index contributed by atoms with van der Waals surface area (Å²) >= 11 is 1.13. The van der Waals surface area contributed by atoms with Gasteiger partial charge in [0.15, 0.2) is 0 Å². The number of nitrogens with zero attached hydrogens (tertiary/aromatic N) is 2.